The quantitative estimate of drug-likeness (QED) is 0.443. The maximum atomic E-state index is 12.3. The van der Waals surface area contributed by atoms with Crippen molar-refractivity contribution in [3.63, 3.8) is 0 Å². The van der Waals surface area contributed by atoms with E-state index in [-0.39, 0.29) is 30.4 Å². The molecule has 134 valence electrons. The molecule has 0 aliphatic rings. The standard InChI is InChI=1S/C19H19N3O4/c1-2-26-19(23)16(10-14-6-4-3-5-7-14)13-21-18-9-8-17(22(24)25)11-15(18)12-20/h3-9,11,16,21H,2,10,13H2,1H3. The topological polar surface area (TPSA) is 105 Å². The predicted molar refractivity (Wildman–Crippen MR) is 96.6 cm³/mol. The molecule has 7 heteroatoms. The number of rotatable bonds is 8. The van der Waals surface area contributed by atoms with Gasteiger partial charge in [0.25, 0.3) is 5.69 Å². The molecule has 2 aromatic carbocycles. The number of nitro groups is 1. The van der Waals surface area contributed by atoms with Crippen molar-refractivity contribution in [1.82, 2.24) is 0 Å². The van der Waals surface area contributed by atoms with E-state index in [1.807, 2.05) is 36.4 Å². The Morgan fingerprint density at radius 2 is 2.04 bits per heavy atom. The largest absolute Gasteiger partial charge is 0.466 e. The normalized spacial score (nSPS) is 11.2. The van der Waals surface area contributed by atoms with E-state index in [2.05, 4.69) is 5.32 Å². The number of carbonyl (C=O) groups is 1. The number of hydrogen-bond donors (Lipinski definition) is 1. The van der Waals surface area contributed by atoms with Crippen LogP contribution in [-0.4, -0.2) is 24.0 Å². The van der Waals surface area contributed by atoms with Crippen LogP contribution in [0.25, 0.3) is 0 Å². The number of benzene rings is 2. The van der Waals surface area contributed by atoms with Crippen molar-refractivity contribution in [1.29, 1.82) is 5.26 Å². The first-order chi connectivity index (χ1) is 12.5. The summed E-state index contributed by atoms with van der Waals surface area (Å²) in [5.74, 6) is -0.775. The lowest BCUT2D eigenvalue weighted by Crippen LogP contribution is -2.27. The minimum Gasteiger partial charge on any atom is -0.466 e. The van der Waals surface area contributed by atoms with Crippen LogP contribution in [-0.2, 0) is 16.0 Å². The van der Waals surface area contributed by atoms with E-state index in [1.54, 1.807) is 6.92 Å². The zero-order valence-electron chi connectivity index (χ0n) is 14.3. The van der Waals surface area contributed by atoms with Crippen molar-refractivity contribution in [2.24, 2.45) is 5.92 Å². The number of esters is 1. The molecule has 0 aliphatic carbocycles. The lowest BCUT2D eigenvalue weighted by atomic mass is 9.99. The lowest BCUT2D eigenvalue weighted by molar-refractivity contribution is -0.384. The summed E-state index contributed by atoms with van der Waals surface area (Å²) in [7, 11) is 0. The third kappa shape index (κ3) is 5.05. The van der Waals surface area contributed by atoms with E-state index in [4.69, 9.17) is 4.74 Å². The summed E-state index contributed by atoms with van der Waals surface area (Å²) in [5, 5.41) is 23.1. The number of ether oxygens (including phenoxy) is 1. The molecule has 0 heterocycles. The van der Waals surface area contributed by atoms with Gasteiger partial charge in [-0.1, -0.05) is 30.3 Å². The molecule has 1 unspecified atom stereocenters. The van der Waals surface area contributed by atoms with Crippen LogP contribution >= 0.6 is 0 Å². The predicted octanol–water partition coefficient (Wildman–Crippen LogP) is 3.30. The van der Waals surface area contributed by atoms with Crippen molar-refractivity contribution >= 4 is 17.3 Å². The van der Waals surface area contributed by atoms with Gasteiger partial charge in [0.15, 0.2) is 0 Å². The molecule has 2 rings (SSSR count). The van der Waals surface area contributed by atoms with Crippen molar-refractivity contribution in [2.45, 2.75) is 13.3 Å². The molecule has 2 aromatic rings. The SMILES string of the molecule is CCOC(=O)C(CNc1ccc([N+](=O)[O-])cc1C#N)Cc1ccccc1. The van der Waals surface area contributed by atoms with Crippen LogP contribution in [0, 0.1) is 27.4 Å². The number of nitro benzene ring substituents is 1. The van der Waals surface area contributed by atoms with Crippen LogP contribution in [0.3, 0.4) is 0 Å². The van der Waals surface area contributed by atoms with Gasteiger partial charge in [-0.2, -0.15) is 5.26 Å². The van der Waals surface area contributed by atoms with Gasteiger partial charge < -0.3 is 10.1 Å². The molecule has 7 nitrogen and oxygen atoms in total. The van der Waals surface area contributed by atoms with E-state index in [0.29, 0.717) is 12.1 Å². The fourth-order valence-electron chi connectivity index (χ4n) is 2.52. The van der Waals surface area contributed by atoms with Crippen LogP contribution < -0.4 is 5.32 Å². The van der Waals surface area contributed by atoms with Gasteiger partial charge in [0.05, 0.1) is 28.7 Å². The van der Waals surface area contributed by atoms with Crippen LogP contribution in [0.1, 0.15) is 18.1 Å². The lowest BCUT2D eigenvalue weighted by Gasteiger charge is -2.17. The van der Waals surface area contributed by atoms with Crippen molar-refractivity contribution < 1.29 is 14.5 Å². The molecule has 0 bridgehead atoms. The van der Waals surface area contributed by atoms with Gasteiger partial charge in [0.2, 0.25) is 0 Å². The van der Waals surface area contributed by atoms with E-state index >= 15 is 0 Å². The van der Waals surface area contributed by atoms with Gasteiger partial charge in [-0.15, -0.1) is 0 Å². The second kappa shape index (κ2) is 9.18. The molecule has 1 N–H and O–H groups in total. The molecule has 0 fully saturated rings. The monoisotopic (exact) mass is 353 g/mol. The number of nitrogens with zero attached hydrogens (tertiary/aromatic N) is 2. The third-order valence-corrected chi connectivity index (χ3v) is 3.82. The number of carbonyl (C=O) groups excluding carboxylic acids is 1. The fraction of sp³-hybridized carbons (Fsp3) is 0.263. The smallest absolute Gasteiger partial charge is 0.311 e. The Kier molecular flexibility index (Phi) is 6.68. The van der Waals surface area contributed by atoms with E-state index in [1.165, 1.54) is 18.2 Å². The Morgan fingerprint density at radius 1 is 1.31 bits per heavy atom. The van der Waals surface area contributed by atoms with Gasteiger partial charge in [0, 0.05) is 18.7 Å². The Balaban J connectivity index is 2.15. The summed E-state index contributed by atoms with van der Waals surface area (Å²) in [6, 6.07) is 15.5. The highest BCUT2D eigenvalue weighted by molar-refractivity contribution is 5.74. The maximum absolute atomic E-state index is 12.3. The first-order valence-corrected chi connectivity index (χ1v) is 8.18. The summed E-state index contributed by atoms with van der Waals surface area (Å²) in [4.78, 5) is 22.5. The summed E-state index contributed by atoms with van der Waals surface area (Å²) in [6.07, 6.45) is 0.488. The minimum atomic E-state index is -0.554. The average Bonchev–Trinajstić information content (AvgIpc) is 2.65. The number of anilines is 1. The minimum absolute atomic E-state index is 0.154. The van der Waals surface area contributed by atoms with Gasteiger partial charge in [0.1, 0.15) is 6.07 Å². The number of nitriles is 1. The Labute approximate surface area is 151 Å². The Bertz CT molecular complexity index is 815. The molecule has 0 saturated carbocycles. The van der Waals surface area contributed by atoms with E-state index < -0.39 is 10.8 Å². The maximum Gasteiger partial charge on any atom is 0.311 e. The molecule has 0 aliphatic heterocycles. The highest BCUT2D eigenvalue weighted by Crippen LogP contribution is 2.22. The number of nitrogens with one attached hydrogen (secondary N) is 1. The van der Waals surface area contributed by atoms with Crippen LogP contribution in [0.2, 0.25) is 0 Å². The Morgan fingerprint density at radius 3 is 2.65 bits per heavy atom. The summed E-state index contributed by atoms with van der Waals surface area (Å²) >= 11 is 0. The van der Waals surface area contributed by atoms with Gasteiger partial charge in [-0.25, -0.2) is 0 Å². The molecule has 0 radical (unpaired) electrons. The average molecular weight is 353 g/mol. The Hall–Kier alpha value is -3.40. The second-order valence-electron chi connectivity index (χ2n) is 5.62. The van der Waals surface area contributed by atoms with Crippen molar-refractivity contribution in [3.05, 3.63) is 69.8 Å². The van der Waals surface area contributed by atoms with Crippen LogP contribution in [0.4, 0.5) is 11.4 Å². The highest BCUT2D eigenvalue weighted by atomic mass is 16.6. The van der Waals surface area contributed by atoms with E-state index in [9.17, 15) is 20.2 Å². The molecule has 0 amide bonds. The van der Waals surface area contributed by atoms with Crippen molar-refractivity contribution in [3.8, 4) is 6.07 Å². The first-order valence-electron chi connectivity index (χ1n) is 8.18. The number of non-ortho nitro benzene ring substituents is 1. The summed E-state index contributed by atoms with van der Waals surface area (Å²) < 4.78 is 5.14. The molecule has 0 aromatic heterocycles. The molecule has 0 spiro atoms. The fourth-order valence-corrected chi connectivity index (χ4v) is 2.52. The zero-order chi connectivity index (χ0) is 18.9. The van der Waals surface area contributed by atoms with Crippen LogP contribution in [0.5, 0.6) is 0 Å². The molecule has 0 saturated heterocycles. The third-order valence-electron chi connectivity index (χ3n) is 3.82. The molecular formula is C19H19N3O4. The first kappa shape index (κ1) is 18.9. The molecular weight excluding hydrogens is 334 g/mol. The van der Waals surface area contributed by atoms with Crippen LogP contribution in [0.15, 0.2) is 48.5 Å². The zero-order valence-corrected chi connectivity index (χ0v) is 14.3. The second-order valence-corrected chi connectivity index (χ2v) is 5.62. The molecule has 26 heavy (non-hydrogen) atoms. The summed E-state index contributed by atoms with van der Waals surface area (Å²) in [6.45, 7) is 2.28. The highest BCUT2D eigenvalue weighted by Gasteiger charge is 2.21. The van der Waals surface area contributed by atoms with Gasteiger partial charge >= 0.3 is 5.97 Å². The number of hydrogen-bond acceptors (Lipinski definition) is 6. The van der Waals surface area contributed by atoms with Gasteiger partial charge in [-0.3, -0.25) is 14.9 Å². The van der Waals surface area contributed by atoms with Crippen molar-refractivity contribution in [2.75, 3.05) is 18.5 Å². The molecule has 1 atom stereocenters. The van der Waals surface area contributed by atoms with E-state index in [0.717, 1.165) is 5.56 Å². The summed E-state index contributed by atoms with van der Waals surface area (Å²) in [5.41, 5.74) is 1.44. The van der Waals surface area contributed by atoms with Gasteiger partial charge in [-0.05, 0) is 25.0 Å².